The molecule has 0 atom stereocenters. The molecule has 300 valence electrons. The van der Waals surface area contributed by atoms with Crippen LogP contribution in [-0.2, 0) is 21.1 Å². The monoisotopic (exact) mass is 1020 g/mol. The van der Waals surface area contributed by atoms with Crippen molar-refractivity contribution in [1.29, 1.82) is 0 Å². The van der Waals surface area contributed by atoms with Crippen molar-refractivity contribution in [1.82, 2.24) is 34.9 Å². The number of halogens is 1. The van der Waals surface area contributed by atoms with Crippen LogP contribution in [-0.4, -0.2) is 24.9 Å². The van der Waals surface area contributed by atoms with Crippen LogP contribution >= 0.6 is 11.6 Å². The molecule has 0 amide bonds. The standard InChI is InChI=1S/C55H28ClN7.Pt/c56-38-19-9-18-37(20-38)47-48-39-21-29-10-1-3-12-31(29)23-41(39)50(57-48)59-52-43-25-33-14-5-7-16-35(33)27-45(43)54(61-52)63-55-46-28-36-17-8-6-15-34(36)26-44(46)53(62-55)60-51-42-24-32-13-4-2-11-30(32)22-40(42)49(47)58-51;/h1-28H;/q-2;+2. The van der Waals surface area contributed by atoms with E-state index >= 15 is 0 Å². The van der Waals surface area contributed by atoms with Crippen molar-refractivity contribution in [2.24, 2.45) is 0 Å². The van der Waals surface area contributed by atoms with Gasteiger partial charge in [0.15, 0.2) is 0 Å². The third kappa shape index (κ3) is 5.61. The Morgan fingerprint density at radius 3 is 1.22 bits per heavy atom. The first-order valence-electron chi connectivity index (χ1n) is 20.8. The van der Waals surface area contributed by atoms with E-state index in [1.165, 1.54) is 0 Å². The Labute approximate surface area is 383 Å². The summed E-state index contributed by atoms with van der Waals surface area (Å²) in [6.07, 6.45) is 0. The van der Waals surface area contributed by atoms with Crippen molar-refractivity contribution < 1.29 is 21.1 Å². The first-order chi connectivity index (χ1) is 31.1. The molecule has 2 aliphatic rings. The van der Waals surface area contributed by atoms with E-state index in [9.17, 15) is 0 Å². The third-order valence-electron chi connectivity index (χ3n) is 12.6. The van der Waals surface area contributed by atoms with Crippen LogP contribution in [0.2, 0.25) is 5.02 Å². The molecule has 0 aliphatic carbocycles. The van der Waals surface area contributed by atoms with E-state index in [-0.39, 0.29) is 21.1 Å². The van der Waals surface area contributed by atoms with Crippen molar-refractivity contribution >= 4 is 98.7 Å². The first-order valence-corrected chi connectivity index (χ1v) is 21.2. The van der Waals surface area contributed by atoms with Crippen LogP contribution in [0.4, 0.5) is 0 Å². The number of hydrogen-bond donors (Lipinski definition) is 0. The van der Waals surface area contributed by atoms with E-state index < -0.39 is 0 Å². The maximum absolute atomic E-state index is 6.85. The molecule has 0 saturated heterocycles. The summed E-state index contributed by atoms with van der Waals surface area (Å²) in [6.45, 7) is 0. The molecule has 12 aromatic rings. The van der Waals surface area contributed by atoms with Gasteiger partial charge in [-0.3, -0.25) is 0 Å². The van der Waals surface area contributed by atoms with Crippen LogP contribution in [0, 0.1) is 0 Å². The van der Waals surface area contributed by atoms with Crippen molar-refractivity contribution in [2.45, 2.75) is 0 Å². The molecule has 0 saturated carbocycles. The van der Waals surface area contributed by atoms with Crippen LogP contribution in [0.1, 0.15) is 0 Å². The van der Waals surface area contributed by atoms with Crippen LogP contribution in [0.3, 0.4) is 0 Å². The van der Waals surface area contributed by atoms with Crippen LogP contribution in [0.5, 0.6) is 0 Å². The van der Waals surface area contributed by atoms with Crippen molar-refractivity contribution in [2.75, 3.05) is 0 Å². The molecule has 9 aromatic carbocycles. The van der Waals surface area contributed by atoms with Gasteiger partial charge in [0.1, 0.15) is 0 Å². The molecule has 0 spiro atoms. The van der Waals surface area contributed by atoms with Gasteiger partial charge in [-0.1, -0.05) is 121 Å². The summed E-state index contributed by atoms with van der Waals surface area (Å²) in [6, 6.07) is 58.8. The number of benzene rings is 9. The van der Waals surface area contributed by atoms with Gasteiger partial charge in [0.2, 0.25) is 0 Å². The van der Waals surface area contributed by atoms with E-state index in [1.807, 2.05) is 18.2 Å². The number of fused-ring (bicyclic) bond motifs is 24. The molecule has 8 bridgehead atoms. The first kappa shape index (κ1) is 37.0. The molecule has 0 unspecified atom stereocenters. The van der Waals surface area contributed by atoms with Crippen LogP contribution in [0.25, 0.3) is 144 Å². The van der Waals surface area contributed by atoms with Gasteiger partial charge in [-0.05, 0) is 142 Å². The van der Waals surface area contributed by atoms with Gasteiger partial charge in [-0.2, -0.15) is 0 Å². The maximum Gasteiger partial charge on any atom is 2.00 e. The predicted octanol–water partition coefficient (Wildman–Crippen LogP) is 13.7. The van der Waals surface area contributed by atoms with Gasteiger partial charge >= 0.3 is 21.1 Å². The number of nitrogens with zero attached hydrogens (tertiary/aromatic N) is 7. The second-order valence-electron chi connectivity index (χ2n) is 16.3. The Morgan fingerprint density at radius 1 is 0.344 bits per heavy atom. The number of aromatic nitrogens is 7. The molecular formula is C55H28ClN7Pt. The molecule has 3 aromatic heterocycles. The van der Waals surface area contributed by atoms with Crippen LogP contribution in [0.15, 0.2) is 170 Å². The molecule has 0 radical (unpaired) electrons. The molecular weight excluding hydrogens is 989 g/mol. The van der Waals surface area contributed by atoms with Crippen molar-refractivity contribution in [3.05, 3.63) is 175 Å². The largest absolute Gasteiger partial charge is 2.00 e. The van der Waals surface area contributed by atoms with Gasteiger partial charge in [-0.15, -0.1) is 0 Å². The zero-order valence-electron chi connectivity index (χ0n) is 33.5. The summed E-state index contributed by atoms with van der Waals surface area (Å²) < 4.78 is 0. The van der Waals surface area contributed by atoms with Crippen molar-refractivity contribution in [3.8, 4) is 56.5 Å². The molecule has 2 aliphatic heterocycles. The van der Waals surface area contributed by atoms with Gasteiger partial charge in [-0.25, -0.2) is 9.97 Å². The third-order valence-corrected chi connectivity index (χ3v) is 12.8. The van der Waals surface area contributed by atoms with E-state index in [2.05, 4.69) is 152 Å². The summed E-state index contributed by atoms with van der Waals surface area (Å²) in [5.74, 6) is 1.61. The van der Waals surface area contributed by atoms with E-state index in [4.69, 9.17) is 46.5 Å². The quantitative estimate of drug-likeness (QED) is 0.162. The minimum atomic E-state index is 0. The van der Waals surface area contributed by atoms with E-state index in [0.717, 1.165) is 109 Å². The minimum Gasteiger partial charge on any atom is -0.435 e. The Kier molecular flexibility index (Phi) is 8.08. The zero-order chi connectivity index (χ0) is 41.3. The Bertz CT molecular complexity index is 4190. The summed E-state index contributed by atoms with van der Waals surface area (Å²) in [5, 5.41) is 12.9. The van der Waals surface area contributed by atoms with Gasteiger partial charge in [0.05, 0.1) is 23.2 Å². The van der Waals surface area contributed by atoms with Gasteiger partial charge < -0.3 is 24.9 Å². The van der Waals surface area contributed by atoms with E-state index in [1.54, 1.807) is 0 Å². The Morgan fingerprint density at radius 2 is 0.734 bits per heavy atom. The summed E-state index contributed by atoms with van der Waals surface area (Å²) in [5.41, 5.74) is 8.36. The predicted molar refractivity (Wildman–Crippen MR) is 257 cm³/mol. The fraction of sp³-hybridized carbons (Fsp3) is 0. The van der Waals surface area contributed by atoms with Crippen LogP contribution < -0.4 is 9.97 Å². The van der Waals surface area contributed by atoms with Crippen molar-refractivity contribution in [3.63, 3.8) is 0 Å². The molecule has 7 nitrogen and oxygen atoms in total. The molecule has 9 heteroatoms. The Balaban J connectivity index is 0.00000413. The summed E-state index contributed by atoms with van der Waals surface area (Å²) >= 11 is 6.85. The summed E-state index contributed by atoms with van der Waals surface area (Å²) in [7, 11) is 0. The second-order valence-corrected chi connectivity index (χ2v) is 16.7. The minimum absolute atomic E-state index is 0. The topological polar surface area (TPSA) is 92.7 Å². The zero-order valence-corrected chi connectivity index (χ0v) is 36.5. The van der Waals surface area contributed by atoms with Gasteiger partial charge in [0.25, 0.3) is 0 Å². The molecule has 5 heterocycles. The maximum atomic E-state index is 6.85. The SMILES string of the molecule is Clc1cccc(-c2c3nc(nc4[n-]c(nc5nc(nc6[n-]c2c2cc7ccccc7cc62)-c2cc6ccccc6cc2-5)c2cc5ccccc5cc42)-c2cc4ccccc4cc2-3)c1.[Pt+2]. The number of rotatable bonds is 1. The average Bonchev–Trinajstić information content (AvgIpc) is 4.04. The van der Waals surface area contributed by atoms with E-state index in [0.29, 0.717) is 39.4 Å². The number of hydrogen-bond acceptors (Lipinski definition) is 5. The van der Waals surface area contributed by atoms with Gasteiger partial charge in [0, 0.05) is 44.1 Å². The molecule has 64 heavy (non-hydrogen) atoms. The average molecular weight is 1020 g/mol. The Hall–Kier alpha value is -7.57. The molecule has 0 N–H and O–H groups in total. The smallest absolute Gasteiger partial charge is 0.435 e. The fourth-order valence-corrected chi connectivity index (χ4v) is 9.77. The normalized spacial score (nSPS) is 12.0. The molecule has 0 fully saturated rings. The molecule has 14 rings (SSSR count). The fourth-order valence-electron chi connectivity index (χ4n) is 9.58. The second kappa shape index (κ2) is 14.0. The summed E-state index contributed by atoms with van der Waals surface area (Å²) in [4.78, 5) is 37.7.